The van der Waals surface area contributed by atoms with Crippen LogP contribution in [0, 0.1) is 29.6 Å². The molecule has 83 heavy (non-hydrogen) atoms. The van der Waals surface area contributed by atoms with Crippen molar-refractivity contribution in [2.45, 2.75) is 141 Å². The van der Waals surface area contributed by atoms with Crippen LogP contribution < -0.4 is 19.3 Å². The Hall–Kier alpha value is -6.22. The smallest absolute Gasteiger partial charge is 0.319 e. The number of ketones is 1. The first-order valence-corrected chi connectivity index (χ1v) is 31.7. The zero-order valence-corrected chi connectivity index (χ0v) is 50.5. The first-order valence-electron chi connectivity index (χ1n) is 29.5. The van der Waals surface area contributed by atoms with Crippen LogP contribution in [-0.2, 0) is 47.4 Å². The van der Waals surface area contributed by atoms with Gasteiger partial charge < -0.3 is 38.9 Å². The zero-order chi connectivity index (χ0) is 58.0. The van der Waals surface area contributed by atoms with Crippen LogP contribution in [0.4, 0.5) is 11.6 Å². The second-order valence-corrected chi connectivity index (χ2v) is 26.9. The summed E-state index contributed by atoms with van der Waals surface area (Å²) >= 11 is 10.2. The molecule has 0 N–H and O–H groups in total. The molecule has 4 saturated heterocycles. The van der Waals surface area contributed by atoms with Crippen molar-refractivity contribution in [3.05, 3.63) is 111 Å². The van der Waals surface area contributed by atoms with Crippen molar-refractivity contribution in [2.24, 2.45) is 0 Å². The van der Waals surface area contributed by atoms with Crippen molar-refractivity contribution >= 4 is 64.4 Å². The number of carbonyl (C=O) groups is 3. The largest absolute Gasteiger partial charge is 0.462 e. The van der Waals surface area contributed by atoms with E-state index in [2.05, 4.69) is 96.2 Å². The molecule has 17 nitrogen and oxygen atoms in total. The van der Waals surface area contributed by atoms with Gasteiger partial charge >= 0.3 is 12.0 Å². The fraction of sp³-hybridized carbons (Fsp3) is 0.540. The Balaban J connectivity index is 0.000000174. The van der Waals surface area contributed by atoms with Crippen LogP contribution in [0.5, 0.6) is 12.0 Å². The molecule has 0 saturated carbocycles. The van der Waals surface area contributed by atoms with Crippen molar-refractivity contribution < 1.29 is 23.9 Å². The summed E-state index contributed by atoms with van der Waals surface area (Å²) in [5, 5.41) is 19.9. The fourth-order valence-electron chi connectivity index (χ4n) is 13.9. The molecule has 0 radical (unpaired) electrons. The number of halogens is 1. The van der Waals surface area contributed by atoms with Gasteiger partial charge in [-0.3, -0.25) is 14.4 Å². The summed E-state index contributed by atoms with van der Waals surface area (Å²) in [4.78, 5) is 72.9. The van der Waals surface area contributed by atoms with E-state index in [4.69, 9.17) is 41.0 Å². The molecule has 4 unspecified atom stereocenters. The minimum Gasteiger partial charge on any atom is -0.462 e. The summed E-state index contributed by atoms with van der Waals surface area (Å²) in [6.45, 7) is 15.7. The summed E-state index contributed by atoms with van der Waals surface area (Å²) in [6.07, 6.45) is 14.4. The van der Waals surface area contributed by atoms with Crippen molar-refractivity contribution in [1.29, 1.82) is 10.5 Å². The van der Waals surface area contributed by atoms with Gasteiger partial charge in [0.1, 0.15) is 30.5 Å². The van der Waals surface area contributed by atoms with Gasteiger partial charge in [-0.2, -0.15) is 30.5 Å². The number of hydrogen-bond donors (Lipinski definition) is 0. The number of aryl methyl sites for hydroxylation is 1. The van der Waals surface area contributed by atoms with Gasteiger partial charge in [-0.1, -0.05) is 49.0 Å². The fourth-order valence-corrected chi connectivity index (χ4v) is 17.3. The number of nitriles is 2. The minimum absolute atomic E-state index is 0.0569. The molecule has 4 aromatic rings. The van der Waals surface area contributed by atoms with Gasteiger partial charge in [0.05, 0.1) is 47.5 Å². The lowest BCUT2D eigenvalue weighted by Gasteiger charge is -2.44. The third-order valence-electron chi connectivity index (χ3n) is 18.7. The summed E-state index contributed by atoms with van der Waals surface area (Å²) in [6, 6.07) is 17.9. The summed E-state index contributed by atoms with van der Waals surface area (Å²) in [7, 11) is 4.25. The number of likely N-dealkylation sites (N-methyl/N-ethyl adjacent to an activating group) is 2. The monoisotopic (exact) mass is 1180 g/mol. The van der Waals surface area contributed by atoms with Crippen LogP contribution in [0.3, 0.4) is 0 Å². The zero-order valence-electron chi connectivity index (χ0n) is 48.1. The summed E-state index contributed by atoms with van der Waals surface area (Å²) < 4.78 is 12.0. The average molecular weight is 1180 g/mol. The minimum atomic E-state index is -0.555. The van der Waals surface area contributed by atoms with Crippen LogP contribution in [-0.4, -0.2) is 170 Å². The normalized spacial score (nSPS) is 25.7. The molecule has 2 aliphatic carbocycles. The molecular weight excluding hydrogens is 1100 g/mol. The average Bonchev–Trinajstić information content (AvgIpc) is 3.93. The van der Waals surface area contributed by atoms with Gasteiger partial charge in [0.15, 0.2) is 5.78 Å². The van der Waals surface area contributed by atoms with E-state index >= 15 is 0 Å². The lowest BCUT2D eigenvalue weighted by Crippen LogP contribution is -2.55. The van der Waals surface area contributed by atoms with Gasteiger partial charge in [0.2, 0.25) is 11.8 Å². The van der Waals surface area contributed by atoms with E-state index in [1.807, 2.05) is 17.8 Å². The number of rotatable bonds is 12. The van der Waals surface area contributed by atoms with Crippen molar-refractivity contribution in [2.75, 3.05) is 89.5 Å². The number of nitrogens with zero attached hydrogens (tertiary/aromatic N) is 12. The van der Waals surface area contributed by atoms with Gasteiger partial charge in [-0.25, -0.2) is 0 Å². The number of amides is 2. The van der Waals surface area contributed by atoms with E-state index in [-0.39, 0.29) is 59.3 Å². The Bertz CT molecular complexity index is 3260. The predicted octanol–water partition coefficient (Wildman–Crippen LogP) is 8.42. The standard InChI is InChI=1S/C32H38N6O3S.C31H37ClN6O2S/c1-4-27(39)38-18-17-37(19-22(38)12-15-33)30-25-11-14-32(13-10-24-21(2)7-5-9-26(24)42-32)29(40)28(25)34-31(35-30)41-20-23-8-6-16-36(23)3;1-3-28(39)38-15-14-37(18-22(38)10-12-33)29-24-9-11-31(16-21-6-4-8-26(32)25(21)20-41-31)17-27(24)34-30(35-29)40-19-23-7-5-13-36(23)2/h4-5,7,9,22-23H,1,6,8,10-14,16-20H2,2-3H3;3-4,6,8,22-23H,1,5,7,9-11,13-20H2,2H3/t22?,23?,32-;22?,23?,31-/m01/s1. The maximum atomic E-state index is 14.4. The number of fused-ring (bicyclic) bond motifs is 4. The molecule has 2 amide bonds. The van der Waals surface area contributed by atoms with Crippen molar-refractivity contribution in [3.63, 3.8) is 0 Å². The molecule has 436 valence electrons. The highest BCUT2D eigenvalue weighted by molar-refractivity contribution is 8.01. The van der Waals surface area contributed by atoms with E-state index in [0.29, 0.717) is 82.5 Å². The Labute approximate surface area is 501 Å². The van der Waals surface area contributed by atoms with Gasteiger partial charge in [0, 0.05) is 89.3 Å². The summed E-state index contributed by atoms with van der Waals surface area (Å²) in [5.41, 5.74) is 8.79. The molecule has 6 aliphatic heterocycles. The molecule has 12 rings (SSSR count). The first kappa shape index (κ1) is 58.5. The number of benzene rings is 2. The van der Waals surface area contributed by atoms with E-state index < -0.39 is 4.75 Å². The third kappa shape index (κ3) is 12.1. The highest BCUT2D eigenvalue weighted by atomic mass is 35.5. The number of anilines is 2. The topological polar surface area (TPSA) is 188 Å². The number of ether oxygens (including phenoxy) is 2. The summed E-state index contributed by atoms with van der Waals surface area (Å²) in [5.74, 6) is 2.26. The third-order valence-corrected chi connectivity index (χ3v) is 22.2. The number of Topliss-reactive ketones (excluding diaryl/α,β-unsaturated/α-hetero) is 1. The maximum absolute atomic E-state index is 14.4. The lowest BCUT2D eigenvalue weighted by molar-refractivity contribution is -0.129. The highest BCUT2D eigenvalue weighted by Crippen LogP contribution is 2.52. The SMILES string of the molecule is C=CC(=O)N1CCN(c2nc(OCC3CCCN3C)nc3c2CC[C@@]2(CCc4c(C)cccc4S2)C3=O)CC1CC#N.C=CC(=O)N1CCN(c2nc(OCC3CCCN3C)nc3c2CC[C@@]2(Cc4cccc(Cl)c4CS2)C3)CC1CC#N. The van der Waals surface area contributed by atoms with E-state index in [1.165, 1.54) is 51.3 Å². The molecule has 2 aromatic carbocycles. The number of piperazine rings is 2. The van der Waals surface area contributed by atoms with Crippen LogP contribution in [0.2, 0.25) is 5.02 Å². The number of thioether (sulfide) groups is 2. The number of likely N-dealkylation sites (tertiary alicyclic amines) is 2. The molecule has 0 bridgehead atoms. The molecule has 2 aromatic heterocycles. The molecular formula is C63H75ClN12O5S2. The van der Waals surface area contributed by atoms with E-state index in [0.717, 1.165) is 105 Å². The molecule has 2 spiro atoms. The molecule has 6 atom stereocenters. The van der Waals surface area contributed by atoms with Crippen LogP contribution in [0.25, 0.3) is 0 Å². The second-order valence-electron chi connectivity index (χ2n) is 23.7. The number of hydrogen-bond acceptors (Lipinski definition) is 17. The predicted molar refractivity (Wildman–Crippen MR) is 325 cm³/mol. The Morgan fingerprint density at radius 3 is 1.89 bits per heavy atom. The molecule has 20 heteroatoms. The number of carbonyl (C=O) groups excluding carboxylic acids is 3. The Kier molecular flexibility index (Phi) is 17.7. The van der Waals surface area contributed by atoms with Crippen LogP contribution in [0.1, 0.15) is 107 Å². The Morgan fingerprint density at radius 2 is 1.30 bits per heavy atom. The highest BCUT2D eigenvalue weighted by Gasteiger charge is 2.49. The molecule has 8 heterocycles. The van der Waals surface area contributed by atoms with Crippen molar-refractivity contribution in [3.8, 4) is 24.2 Å². The van der Waals surface area contributed by atoms with Gasteiger partial charge in [0.25, 0.3) is 0 Å². The van der Waals surface area contributed by atoms with Crippen LogP contribution >= 0.6 is 35.1 Å². The quantitative estimate of drug-likeness (QED) is 0.123. The van der Waals surface area contributed by atoms with Gasteiger partial charge in [-0.05, 0) is 151 Å². The lowest BCUT2D eigenvalue weighted by atomic mass is 9.80. The van der Waals surface area contributed by atoms with E-state index in [1.54, 1.807) is 21.6 Å². The number of aromatic nitrogens is 4. The first-order chi connectivity index (χ1) is 40.2. The Morgan fingerprint density at radius 1 is 0.723 bits per heavy atom. The molecule has 4 fully saturated rings. The molecule has 8 aliphatic rings. The maximum Gasteiger partial charge on any atom is 0.319 e. The van der Waals surface area contributed by atoms with Crippen LogP contribution in [0.15, 0.2) is 66.6 Å². The van der Waals surface area contributed by atoms with Crippen molar-refractivity contribution in [1.82, 2.24) is 39.5 Å². The van der Waals surface area contributed by atoms with E-state index in [9.17, 15) is 24.9 Å². The van der Waals surface area contributed by atoms with Gasteiger partial charge in [-0.15, -0.1) is 23.5 Å². The second kappa shape index (κ2) is 25.2.